The van der Waals surface area contributed by atoms with Crippen molar-refractivity contribution in [3.05, 3.63) is 12.4 Å². The molecule has 14 heavy (non-hydrogen) atoms. The number of anilines is 1. The van der Waals surface area contributed by atoms with E-state index in [9.17, 15) is 13.2 Å². The van der Waals surface area contributed by atoms with Crippen LogP contribution in [0.4, 0.5) is 5.69 Å². The highest BCUT2D eigenvalue weighted by molar-refractivity contribution is 7.92. The van der Waals surface area contributed by atoms with Crippen molar-refractivity contribution in [2.75, 3.05) is 11.0 Å². The average molecular weight is 218 g/mol. The predicted octanol–water partition coefficient (Wildman–Crippen LogP) is -1.26. The van der Waals surface area contributed by atoms with Gasteiger partial charge in [-0.05, 0) is 0 Å². The molecule has 3 N–H and O–H groups in total. The van der Waals surface area contributed by atoms with E-state index in [1.165, 1.54) is 17.1 Å². The van der Waals surface area contributed by atoms with Gasteiger partial charge in [0.25, 0.3) is 0 Å². The van der Waals surface area contributed by atoms with Gasteiger partial charge in [-0.2, -0.15) is 5.10 Å². The quantitative estimate of drug-likeness (QED) is 0.657. The Labute approximate surface area is 80.9 Å². The second-order valence-corrected chi connectivity index (χ2v) is 4.52. The lowest BCUT2D eigenvalue weighted by atomic mass is 10.6. The van der Waals surface area contributed by atoms with Gasteiger partial charge in [-0.15, -0.1) is 0 Å². The van der Waals surface area contributed by atoms with Crippen molar-refractivity contribution in [1.29, 1.82) is 0 Å². The van der Waals surface area contributed by atoms with Crippen LogP contribution in [0.3, 0.4) is 0 Å². The molecule has 1 amide bonds. The maximum atomic E-state index is 10.8. The first-order chi connectivity index (χ1) is 6.37. The minimum Gasteiger partial charge on any atom is -0.368 e. The molecule has 0 spiro atoms. The summed E-state index contributed by atoms with van der Waals surface area (Å²) in [5, 5.41) is 3.73. The Morgan fingerprint density at radius 1 is 1.71 bits per heavy atom. The number of rotatable bonds is 4. The first-order valence-electron chi connectivity index (χ1n) is 3.65. The first-order valence-corrected chi connectivity index (χ1v) is 5.54. The lowest BCUT2D eigenvalue weighted by Crippen LogP contribution is -2.18. The normalized spacial score (nSPS) is 11.2. The second-order valence-electron chi connectivity index (χ2n) is 2.77. The van der Waals surface area contributed by atoms with Crippen LogP contribution >= 0.6 is 0 Å². The van der Waals surface area contributed by atoms with Crippen LogP contribution in [0.1, 0.15) is 0 Å². The van der Waals surface area contributed by atoms with Gasteiger partial charge in [0.1, 0.15) is 6.54 Å². The van der Waals surface area contributed by atoms with Crippen molar-refractivity contribution >= 4 is 21.6 Å². The van der Waals surface area contributed by atoms with Crippen LogP contribution in [0, 0.1) is 0 Å². The van der Waals surface area contributed by atoms with Crippen molar-refractivity contribution in [2.24, 2.45) is 5.73 Å². The number of nitrogens with zero attached hydrogens (tertiary/aromatic N) is 2. The van der Waals surface area contributed by atoms with E-state index in [4.69, 9.17) is 5.73 Å². The number of nitrogens with two attached hydrogens (primary N) is 1. The Balaban J connectivity index is 2.74. The van der Waals surface area contributed by atoms with Crippen molar-refractivity contribution < 1.29 is 13.2 Å². The molecule has 8 heteroatoms. The third-order valence-corrected chi connectivity index (χ3v) is 1.86. The van der Waals surface area contributed by atoms with E-state index in [1.807, 2.05) is 0 Å². The van der Waals surface area contributed by atoms with Gasteiger partial charge < -0.3 is 5.73 Å². The third kappa shape index (κ3) is 3.44. The molecular weight excluding hydrogens is 208 g/mol. The summed E-state index contributed by atoms with van der Waals surface area (Å²) in [6, 6.07) is 0. The van der Waals surface area contributed by atoms with Crippen LogP contribution in [0.15, 0.2) is 12.4 Å². The van der Waals surface area contributed by atoms with Crippen LogP contribution in [-0.4, -0.2) is 30.4 Å². The topological polar surface area (TPSA) is 107 Å². The Kier molecular flexibility index (Phi) is 2.75. The van der Waals surface area contributed by atoms with Crippen LogP contribution in [0.2, 0.25) is 0 Å². The maximum Gasteiger partial charge on any atom is 0.239 e. The SMILES string of the molecule is CS(=O)(=O)Nc1cnn(CC(N)=O)c1. The van der Waals surface area contributed by atoms with Crippen LogP contribution < -0.4 is 10.5 Å². The minimum atomic E-state index is -3.31. The Hall–Kier alpha value is -1.57. The molecule has 0 saturated carbocycles. The monoisotopic (exact) mass is 218 g/mol. The highest BCUT2D eigenvalue weighted by Gasteiger charge is 2.05. The second kappa shape index (κ2) is 3.66. The molecule has 0 aliphatic heterocycles. The number of amides is 1. The summed E-state index contributed by atoms with van der Waals surface area (Å²) in [6.07, 6.45) is 3.70. The van der Waals surface area contributed by atoms with Crippen molar-refractivity contribution in [3.63, 3.8) is 0 Å². The lowest BCUT2D eigenvalue weighted by Gasteiger charge is -1.97. The zero-order valence-electron chi connectivity index (χ0n) is 7.47. The molecule has 0 aliphatic carbocycles. The molecule has 0 atom stereocenters. The Morgan fingerprint density at radius 3 is 2.86 bits per heavy atom. The summed E-state index contributed by atoms with van der Waals surface area (Å²) in [4.78, 5) is 10.5. The summed E-state index contributed by atoms with van der Waals surface area (Å²) in [7, 11) is -3.31. The zero-order valence-corrected chi connectivity index (χ0v) is 8.28. The van der Waals surface area contributed by atoms with E-state index in [0.717, 1.165) is 6.26 Å². The standard InChI is InChI=1S/C6H10N4O3S/c1-14(12,13)9-5-2-8-10(3-5)4-6(7)11/h2-3,9H,4H2,1H3,(H2,7,11). The number of carbonyl (C=O) groups excluding carboxylic acids is 1. The molecule has 0 bridgehead atoms. The predicted molar refractivity (Wildman–Crippen MR) is 49.9 cm³/mol. The number of carbonyl (C=O) groups is 1. The van der Waals surface area contributed by atoms with E-state index >= 15 is 0 Å². The molecule has 7 nitrogen and oxygen atoms in total. The molecule has 1 heterocycles. The van der Waals surface area contributed by atoms with E-state index in [2.05, 4.69) is 9.82 Å². The van der Waals surface area contributed by atoms with Gasteiger partial charge in [-0.25, -0.2) is 8.42 Å². The van der Waals surface area contributed by atoms with Gasteiger partial charge in [0.05, 0.1) is 18.1 Å². The van der Waals surface area contributed by atoms with E-state index < -0.39 is 15.9 Å². The van der Waals surface area contributed by atoms with Gasteiger partial charge in [0.15, 0.2) is 0 Å². The van der Waals surface area contributed by atoms with Crippen LogP contribution in [0.5, 0.6) is 0 Å². The molecule has 1 rings (SSSR count). The number of aromatic nitrogens is 2. The fourth-order valence-electron chi connectivity index (χ4n) is 0.876. The van der Waals surface area contributed by atoms with Gasteiger partial charge in [-0.1, -0.05) is 0 Å². The zero-order chi connectivity index (χ0) is 10.8. The van der Waals surface area contributed by atoms with Gasteiger partial charge >= 0.3 is 0 Å². The molecular formula is C6H10N4O3S. The summed E-state index contributed by atoms with van der Waals surface area (Å²) < 4.78 is 25.0. The number of hydrogen-bond acceptors (Lipinski definition) is 4. The number of sulfonamides is 1. The molecule has 78 valence electrons. The van der Waals surface area contributed by atoms with E-state index in [1.54, 1.807) is 0 Å². The Morgan fingerprint density at radius 2 is 2.36 bits per heavy atom. The fourth-order valence-corrected chi connectivity index (χ4v) is 1.41. The first kappa shape index (κ1) is 10.5. The van der Waals surface area contributed by atoms with Crippen molar-refractivity contribution in [3.8, 4) is 0 Å². The molecule has 0 unspecified atom stereocenters. The fraction of sp³-hybridized carbons (Fsp3) is 0.333. The maximum absolute atomic E-state index is 10.8. The molecule has 0 aliphatic rings. The molecule has 0 fully saturated rings. The third-order valence-electron chi connectivity index (χ3n) is 1.25. The highest BCUT2D eigenvalue weighted by atomic mass is 32.2. The van der Waals surface area contributed by atoms with E-state index in [-0.39, 0.29) is 6.54 Å². The lowest BCUT2D eigenvalue weighted by molar-refractivity contribution is -0.118. The number of nitrogens with one attached hydrogen (secondary N) is 1. The molecule has 0 radical (unpaired) electrons. The number of hydrogen-bond donors (Lipinski definition) is 2. The minimum absolute atomic E-state index is 0.0779. The van der Waals surface area contributed by atoms with Gasteiger partial charge in [0, 0.05) is 6.20 Å². The Bertz CT molecular complexity index is 436. The average Bonchev–Trinajstić information content (AvgIpc) is 2.30. The van der Waals surface area contributed by atoms with Gasteiger partial charge in [0.2, 0.25) is 15.9 Å². The van der Waals surface area contributed by atoms with Gasteiger partial charge in [-0.3, -0.25) is 14.2 Å². The van der Waals surface area contributed by atoms with E-state index in [0.29, 0.717) is 5.69 Å². The molecule has 0 saturated heterocycles. The molecule has 1 aromatic heterocycles. The summed E-state index contributed by atoms with van der Waals surface area (Å²) in [6.45, 7) is -0.0779. The molecule has 0 aromatic carbocycles. The highest BCUT2D eigenvalue weighted by Crippen LogP contribution is 2.05. The van der Waals surface area contributed by atoms with Crippen molar-refractivity contribution in [1.82, 2.24) is 9.78 Å². The number of primary amides is 1. The van der Waals surface area contributed by atoms with Crippen LogP contribution in [0.25, 0.3) is 0 Å². The molecule has 1 aromatic rings. The smallest absolute Gasteiger partial charge is 0.239 e. The van der Waals surface area contributed by atoms with Crippen LogP contribution in [-0.2, 0) is 21.4 Å². The summed E-state index contributed by atoms with van der Waals surface area (Å²) >= 11 is 0. The summed E-state index contributed by atoms with van der Waals surface area (Å²) in [5.41, 5.74) is 5.22. The summed E-state index contributed by atoms with van der Waals surface area (Å²) in [5.74, 6) is -0.543. The van der Waals surface area contributed by atoms with Crippen molar-refractivity contribution in [2.45, 2.75) is 6.54 Å². The largest absolute Gasteiger partial charge is 0.368 e.